The Balaban J connectivity index is -0.000000151. The highest BCUT2D eigenvalue weighted by Gasteiger charge is 2.06. The maximum Gasteiger partial charge on any atom is 0.104 e. The number of nitrogens with zero attached hydrogens (tertiary/aromatic N) is 1. The predicted octanol–water partition coefficient (Wildman–Crippen LogP) is -0.758. The molecule has 1 rings (SSSR count). The molecule has 0 saturated carbocycles. The third kappa shape index (κ3) is 10.9. The van der Waals surface area contributed by atoms with Gasteiger partial charge in [-0.2, -0.15) is 0 Å². The van der Waals surface area contributed by atoms with Crippen LogP contribution in [0.4, 0.5) is 0 Å². The Hall–Kier alpha value is -0.980. The van der Waals surface area contributed by atoms with Crippen LogP contribution in [0.2, 0.25) is 0 Å². The fraction of sp³-hybridized carbons (Fsp3) is 0.400. The van der Waals surface area contributed by atoms with Gasteiger partial charge in [0, 0.05) is 5.56 Å². The molecular weight excluding hydrogens is 198 g/mol. The van der Waals surface area contributed by atoms with Crippen molar-refractivity contribution in [3.8, 4) is 0 Å². The van der Waals surface area contributed by atoms with E-state index in [0.717, 1.165) is 11.0 Å². The van der Waals surface area contributed by atoms with Gasteiger partial charge < -0.3 is 26.4 Å². The van der Waals surface area contributed by atoms with E-state index in [-0.39, 0.29) is 21.9 Å². The Kier molecular flexibility index (Phi) is 15.1. The molecule has 0 unspecified atom stereocenters. The van der Waals surface area contributed by atoms with Crippen LogP contribution in [0.5, 0.6) is 0 Å². The Morgan fingerprint density at radius 1 is 0.867 bits per heavy atom. The topological polar surface area (TPSA) is 124 Å². The Morgan fingerprint density at radius 2 is 1.27 bits per heavy atom. The molecule has 0 saturated heterocycles. The number of quaternary nitrogens is 1. The lowest BCUT2D eigenvalue weighted by Gasteiger charge is -2.23. The van der Waals surface area contributed by atoms with Crippen molar-refractivity contribution in [2.75, 3.05) is 21.1 Å². The van der Waals surface area contributed by atoms with E-state index in [4.69, 9.17) is 0 Å². The summed E-state index contributed by atoms with van der Waals surface area (Å²) in [7, 11) is 6.60. The molecule has 1 aromatic carbocycles. The molecule has 5 heteroatoms. The van der Waals surface area contributed by atoms with Gasteiger partial charge in [0.25, 0.3) is 0 Å². The molecule has 7 N–H and O–H groups in total. The first kappa shape index (κ1) is 23.7. The Morgan fingerprint density at radius 3 is 1.60 bits per heavy atom. The summed E-state index contributed by atoms with van der Waals surface area (Å²) in [5.41, 5.74) is 1.40. The summed E-state index contributed by atoms with van der Waals surface area (Å²) >= 11 is 0. The fourth-order valence-corrected chi connectivity index (χ4v) is 1.13. The first-order chi connectivity index (χ1) is 5.08. The molecule has 0 fully saturated rings. The highest BCUT2D eigenvalue weighted by atomic mass is 16.0. The van der Waals surface area contributed by atoms with E-state index in [1.165, 1.54) is 5.56 Å². The zero-order chi connectivity index (χ0) is 8.32. The summed E-state index contributed by atoms with van der Waals surface area (Å²) in [6.07, 6.45) is 0. The van der Waals surface area contributed by atoms with Crippen LogP contribution in [0.25, 0.3) is 0 Å². The largest absolute Gasteiger partial charge is 0.870 e. The van der Waals surface area contributed by atoms with E-state index in [1.54, 1.807) is 0 Å². The van der Waals surface area contributed by atoms with Gasteiger partial charge >= 0.3 is 0 Å². The minimum absolute atomic E-state index is 0. The first-order valence-corrected chi connectivity index (χ1v) is 3.92. The molecule has 0 heterocycles. The molecule has 0 spiro atoms. The average molecular weight is 221 g/mol. The van der Waals surface area contributed by atoms with Gasteiger partial charge in [-0.05, 0) is 0 Å². The van der Waals surface area contributed by atoms with Gasteiger partial charge in [0.05, 0.1) is 21.1 Å². The van der Waals surface area contributed by atoms with E-state index in [0.29, 0.717) is 0 Å². The van der Waals surface area contributed by atoms with Crippen molar-refractivity contribution >= 4 is 0 Å². The summed E-state index contributed by atoms with van der Waals surface area (Å²) in [6.45, 7) is 1.10. The van der Waals surface area contributed by atoms with Crippen molar-refractivity contribution in [2.45, 2.75) is 6.54 Å². The first-order valence-electron chi connectivity index (χ1n) is 3.92. The van der Waals surface area contributed by atoms with Crippen molar-refractivity contribution in [2.24, 2.45) is 0 Å². The standard InChI is InChI=1S/C10H16N.4H2O/c1-11(2,3)9-10-7-5-4-6-8-10;;;;/h4-8H,9H2,1-3H3;4*1H2/q+1;;;;/p-1. The highest BCUT2D eigenvalue weighted by Crippen LogP contribution is 2.04. The van der Waals surface area contributed by atoms with Crippen molar-refractivity contribution in [1.29, 1.82) is 0 Å². The Bertz CT molecular complexity index is 221. The summed E-state index contributed by atoms with van der Waals surface area (Å²) in [5, 5.41) is 0. The molecule has 0 aliphatic rings. The van der Waals surface area contributed by atoms with Gasteiger partial charge in [-0.15, -0.1) is 0 Å². The smallest absolute Gasteiger partial charge is 0.104 e. The normalized spacial score (nSPS) is 8.47. The van der Waals surface area contributed by atoms with E-state index in [9.17, 15) is 0 Å². The highest BCUT2D eigenvalue weighted by molar-refractivity contribution is 5.13. The van der Waals surface area contributed by atoms with E-state index >= 15 is 0 Å². The van der Waals surface area contributed by atoms with Crippen LogP contribution in [-0.4, -0.2) is 47.5 Å². The van der Waals surface area contributed by atoms with Gasteiger partial charge in [-0.25, -0.2) is 0 Å². The molecule has 0 aromatic heterocycles. The van der Waals surface area contributed by atoms with Crippen LogP contribution >= 0.6 is 0 Å². The minimum Gasteiger partial charge on any atom is -0.870 e. The molecule has 0 bridgehead atoms. The quantitative estimate of drug-likeness (QED) is 0.598. The van der Waals surface area contributed by atoms with Crippen LogP contribution < -0.4 is 0 Å². The second kappa shape index (κ2) is 9.57. The monoisotopic (exact) mass is 221 g/mol. The number of rotatable bonds is 2. The minimum atomic E-state index is 0. The third-order valence-electron chi connectivity index (χ3n) is 1.50. The molecular formula is C10H23NO4. The lowest BCUT2D eigenvalue weighted by molar-refractivity contribution is -0.884. The van der Waals surface area contributed by atoms with E-state index in [2.05, 4.69) is 51.5 Å². The van der Waals surface area contributed by atoms with Crippen LogP contribution in [0.15, 0.2) is 30.3 Å². The molecule has 0 aliphatic carbocycles. The van der Waals surface area contributed by atoms with Gasteiger partial charge in [-0.3, -0.25) is 0 Å². The van der Waals surface area contributed by atoms with Gasteiger partial charge in [-0.1, -0.05) is 30.3 Å². The molecule has 0 amide bonds. The average Bonchev–Trinajstić information content (AvgIpc) is 1.85. The van der Waals surface area contributed by atoms with Crippen molar-refractivity contribution < 1.29 is 26.4 Å². The van der Waals surface area contributed by atoms with Gasteiger partial charge in [0.15, 0.2) is 0 Å². The van der Waals surface area contributed by atoms with E-state index in [1.807, 2.05) is 0 Å². The van der Waals surface area contributed by atoms with Crippen molar-refractivity contribution in [3.63, 3.8) is 0 Å². The Labute approximate surface area is 90.8 Å². The van der Waals surface area contributed by atoms with Crippen LogP contribution in [-0.2, 0) is 6.54 Å². The fourth-order valence-electron chi connectivity index (χ4n) is 1.13. The zero-order valence-electron chi connectivity index (χ0n) is 9.49. The number of benzene rings is 1. The number of hydrogen-bond donors (Lipinski definition) is 0. The van der Waals surface area contributed by atoms with Crippen molar-refractivity contribution in [1.82, 2.24) is 0 Å². The summed E-state index contributed by atoms with van der Waals surface area (Å²) in [5.74, 6) is 0. The molecule has 0 aliphatic heterocycles. The van der Waals surface area contributed by atoms with Crippen LogP contribution in [0.3, 0.4) is 0 Å². The molecule has 92 valence electrons. The third-order valence-corrected chi connectivity index (χ3v) is 1.50. The second-order valence-corrected chi connectivity index (χ2v) is 3.93. The molecule has 0 radical (unpaired) electrons. The maximum absolute atomic E-state index is 2.20. The lowest BCUT2D eigenvalue weighted by Crippen LogP contribution is -2.33. The second-order valence-electron chi connectivity index (χ2n) is 3.93. The maximum atomic E-state index is 2.20. The summed E-state index contributed by atoms with van der Waals surface area (Å²) in [4.78, 5) is 0. The molecule has 0 atom stereocenters. The zero-order valence-corrected chi connectivity index (χ0v) is 9.49. The van der Waals surface area contributed by atoms with E-state index < -0.39 is 0 Å². The summed E-state index contributed by atoms with van der Waals surface area (Å²) in [6, 6.07) is 10.6. The summed E-state index contributed by atoms with van der Waals surface area (Å²) < 4.78 is 0.990. The lowest BCUT2D eigenvalue weighted by atomic mass is 10.2. The number of hydrogen-bond acceptors (Lipinski definition) is 1. The van der Waals surface area contributed by atoms with Crippen LogP contribution in [0.1, 0.15) is 5.56 Å². The predicted molar refractivity (Wildman–Crippen MR) is 61.0 cm³/mol. The van der Waals surface area contributed by atoms with Gasteiger partial charge in [0.1, 0.15) is 6.54 Å². The molecule has 15 heavy (non-hydrogen) atoms. The van der Waals surface area contributed by atoms with Crippen LogP contribution in [0, 0.1) is 0 Å². The van der Waals surface area contributed by atoms with Gasteiger partial charge in [0.2, 0.25) is 0 Å². The molecule has 1 aromatic rings. The van der Waals surface area contributed by atoms with Crippen molar-refractivity contribution in [3.05, 3.63) is 35.9 Å². The SMILES string of the molecule is C[N+](C)(C)Cc1ccccc1.O.O.O.[OH-]. The molecule has 5 nitrogen and oxygen atoms in total.